The second-order valence-electron chi connectivity index (χ2n) is 8.79. The third-order valence-corrected chi connectivity index (χ3v) is 6.63. The van der Waals surface area contributed by atoms with Crippen molar-refractivity contribution in [2.45, 2.75) is 6.18 Å². The highest BCUT2D eigenvalue weighted by Gasteiger charge is 2.38. The van der Waals surface area contributed by atoms with Crippen LogP contribution in [0.1, 0.15) is 16.4 Å². The lowest BCUT2D eigenvalue weighted by atomic mass is 9.98. The van der Waals surface area contributed by atoms with E-state index in [0.717, 1.165) is 12.1 Å². The SMILES string of the molecule is O=C(c1ccco1)N1CCN(c2nc(C(F)(F)F)nc(-c3ccc(F)cc3)c2-c2cccc(NS(=O)O)c2)CC1. The molecular weight excluding hydrogens is 554 g/mol. The Morgan fingerprint density at radius 2 is 1.70 bits per heavy atom. The molecule has 5 rings (SSSR count). The van der Waals surface area contributed by atoms with Gasteiger partial charge < -0.3 is 14.2 Å². The summed E-state index contributed by atoms with van der Waals surface area (Å²) in [5.74, 6) is -2.20. The molecule has 1 fully saturated rings. The molecule has 1 aliphatic heterocycles. The Balaban J connectivity index is 1.63. The van der Waals surface area contributed by atoms with E-state index in [0.29, 0.717) is 5.56 Å². The van der Waals surface area contributed by atoms with E-state index in [4.69, 9.17) is 4.42 Å². The number of hydrogen-bond acceptors (Lipinski definition) is 6. The second kappa shape index (κ2) is 11.1. The van der Waals surface area contributed by atoms with Gasteiger partial charge in [-0.1, -0.05) is 12.1 Å². The summed E-state index contributed by atoms with van der Waals surface area (Å²) in [5.41, 5.74) is 0.892. The van der Waals surface area contributed by atoms with Crippen LogP contribution >= 0.6 is 0 Å². The first kappa shape index (κ1) is 27.3. The van der Waals surface area contributed by atoms with Gasteiger partial charge in [0, 0.05) is 37.4 Å². The molecule has 0 radical (unpaired) electrons. The molecule has 0 spiro atoms. The summed E-state index contributed by atoms with van der Waals surface area (Å²) in [5, 5.41) is 0. The minimum Gasteiger partial charge on any atom is -0.459 e. The fourth-order valence-corrected chi connectivity index (χ4v) is 4.73. The predicted octanol–water partition coefficient (Wildman–Crippen LogP) is 5.07. The van der Waals surface area contributed by atoms with Gasteiger partial charge in [0.05, 0.1) is 17.5 Å². The van der Waals surface area contributed by atoms with E-state index in [1.807, 2.05) is 0 Å². The first-order valence-corrected chi connectivity index (χ1v) is 13.0. The molecule has 40 heavy (non-hydrogen) atoms. The fraction of sp³-hybridized carbons (Fsp3) is 0.192. The van der Waals surface area contributed by atoms with Crippen LogP contribution in [0.25, 0.3) is 22.4 Å². The van der Waals surface area contributed by atoms with E-state index in [1.54, 1.807) is 23.1 Å². The first-order chi connectivity index (χ1) is 19.1. The molecule has 1 atom stereocenters. The maximum atomic E-state index is 14.0. The van der Waals surface area contributed by atoms with Crippen LogP contribution in [0.3, 0.4) is 0 Å². The number of nitrogens with zero attached hydrogens (tertiary/aromatic N) is 4. The monoisotopic (exact) mass is 575 g/mol. The third kappa shape index (κ3) is 5.82. The number of carbonyl (C=O) groups is 1. The summed E-state index contributed by atoms with van der Waals surface area (Å²) in [4.78, 5) is 23.7. The van der Waals surface area contributed by atoms with Crippen LogP contribution in [0.2, 0.25) is 0 Å². The average Bonchev–Trinajstić information content (AvgIpc) is 3.47. The van der Waals surface area contributed by atoms with Crippen LogP contribution in [-0.4, -0.2) is 55.7 Å². The van der Waals surface area contributed by atoms with Gasteiger partial charge in [0.15, 0.2) is 5.76 Å². The molecule has 1 saturated heterocycles. The normalized spacial score (nSPS) is 14.7. The minimum absolute atomic E-state index is 0.0472. The molecule has 14 heteroatoms. The van der Waals surface area contributed by atoms with E-state index in [9.17, 15) is 31.1 Å². The van der Waals surface area contributed by atoms with Crippen LogP contribution < -0.4 is 9.62 Å². The number of alkyl halides is 3. The number of rotatable bonds is 6. The number of hydrogen-bond donors (Lipinski definition) is 2. The number of aromatic nitrogens is 2. The smallest absolute Gasteiger partial charge is 0.451 e. The summed E-state index contributed by atoms with van der Waals surface area (Å²) in [6, 6.07) is 14.1. The lowest BCUT2D eigenvalue weighted by molar-refractivity contribution is -0.144. The lowest BCUT2D eigenvalue weighted by Crippen LogP contribution is -2.49. The maximum Gasteiger partial charge on any atom is 0.451 e. The van der Waals surface area contributed by atoms with Gasteiger partial charge >= 0.3 is 6.18 Å². The lowest BCUT2D eigenvalue weighted by Gasteiger charge is -2.36. The molecule has 9 nitrogen and oxygen atoms in total. The van der Waals surface area contributed by atoms with Crippen molar-refractivity contribution in [1.82, 2.24) is 14.9 Å². The molecule has 1 amide bonds. The van der Waals surface area contributed by atoms with E-state index in [1.165, 1.54) is 41.5 Å². The third-order valence-electron chi connectivity index (χ3n) is 6.22. The fourth-order valence-electron chi connectivity index (χ4n) is 4.40. The number of halogens is 4. The number of piperazine rings is 1. The van der Waals surface area contributed by atoms with Gasteiger partial charge in [-0.15, -0.1) is 0 Å². The Kier molecular flexibility index (Phi) is 7.54. The van der Waals surface area contributed by atoms with E-state index in [2.05, 4.69) is 14.7 Å². The van der Waals surface area contributed by atoms with Crippen molar-refractivity contribution in [3.8, 4) is 22.4 Å². The molecule has 0 aliphatic carbocycles. The zero-order chi connectivity index (χ0) is 28.4. The average molecular weight is 576 g/mol. The summed E-state index contributed by atoms with van der Waals surface area (Å²) in [7, 11) is 0. The quantitative estimate of drug-likeness (QED) is 0.244. The van der Waals surface area contributed by atoms with Crippen molar-refractivity contribution in [2.75, 3.05) is 35.8 Å². The molecule has 208 valence electrons. The van der Waals surface area contributed by atoms with Crippen molar-refractivity contribution >= 4 is 28.7 Å². The topological polar surface area (TPSA) is 112 Å². The first-order valence-electron chi connectivity index (χ1n) is 11.9. The van der Waals surface area contributed by atoms with E-state index in [-0.39, 0.29) is 66.2 Å². The van der Waals surface area contributed by atoms with E-state index < -0.39 is 29.1 Å². The van der Waals surface area contributed by atoms with Crippen molar-refractivity contribution in [3.63, 3.8) is 0 Å². The summed E-state index contributed by atoms with van der Waals surface area (Å²) in [6.45, 7) is 0.660. The molecule has 3 heterocycles. The molecule has 2 N–H and O–H groups in total. The largest absolute Gasteiger partial charge is 0.459 e. The van der Waals surface area contributed by atoms with Gasteiger partial charge in [-0.25, -0.2) is 18.6 Å². The van der Waals surface area contributed by atoms with Crippen LogP contribution in [0.15, 0.2) is 71.3 Å². The molecule has 2 aromatic carbocycles. The zero-order valence-corrected chi connectivity index (χ0v) is 21.4. The Hall–Kier alpha value is -4.30. The van der Waals surface area contributed by atoms with Gasteiger partial charge in [-0.05, 0) is 54.1 Å². The van der Waals surface area contributed by atoms with Gasteiger partial charge in [0.1, 0.15) is 11.6 Å². The van der Waals surface area contributed by atoms with Gasteiger partial charge in [0.25, 0.3) is 17.2 Å². The van der Waals surface area contributed by atoms with Crippen molar-refractivity contribution in [1.29, 1.82) is 0 Å². The van der Waals surface area contributed by atoms with Gasteiger partial charge in [-0.2, -0.15) is 13.2 Å². The number of anilines is 2. The molecule has 2 aromatic heterocycles. The highest BCUT2D eigenvalue weighted by atomic mass is 32.2. The van der Waals surface area contributed by atoms with Gasteiger partial charge in [-0.3, -0.25) is 14.1 Å². The Labute approximate surface area is 227 Å². The van der Waals surface area contributed by atoms with Crippen LogP contribution in [0, 0.1) is 5.82 Å². The van der Waals surface area contributed by atoms with Crippen LogP contribution in [0.4, 0.5) is 29.1 Å². The minimum atomic E-state index is -4.89. The van der Waals surface area contributed by atoms with Crippen molar-refractivity contribution < 1.29 is 35.5 Å². The summed E-state index contributed by atoms with van der Waals surface area (Å²) in [6.07, 6.45) is -3.52. The molecular formula is C26H21F4N5O4S. The molecule has 4 aromatic rings. The molecule has 0 bridgehead atoms. The predicted molar refractivity (Wildman–Crippen MR) is 139 cm³/mol. The number of nitrogens with one attached hydrogen (secondary N) is 1. The zero-order valence-electron chi connectivity index (χ0n) is 20.6. The standard InChI is InChI=1S/C26H21F4N5O4S/c27-18-8-6-16(7-9-18)22-21(17-3-1-4-19(15-17)33-40(37)38)23(32-25(31-22)26(28,29)30)34-10-12-35(13-11-34)24(36)20-5-2-14-39-20/h1-9,14-15,33H,10-13H2,(H,37,38). The van der Waals surface area contributed by atoms with Crippen molar-refractivity contribution in [2.24, 2.45) is 0 Å². The Morgan fingerprint density at radius 1 is 0.975 bits per heavy atom. The molecule has 0 saturated carbocycles. The highest BCUT2D eigenvalue weighted by Crippen LogP contribution is 2.41. The maximum absolute atomic E-state index is 14.0. The molecule has 1 unspecified atom stereocenters. The van der Waals surface area contributed by atoms with Gasteiger partial charge in [0.2, 0.25) is 5.82 Å². The van der Waals surface area contributed by atoms with Crippen LogP contribution in [0.5, 0.6) is 0 Å². The number of amides is 1. The highest BCUT2D eigenvalue weighted by molar-refractivity contribution is 7.80. The van der Waals surface area contributed by atoms with Crippen molar-refractivity contribution in [3.05, 3.63) is 84.3 Å². The summed E-state index contributed by atoms with van der Waals surface area (Å²) >= 11 is -2.40. The molecule has 1 aliphatic rings. The van der Waals surface area contributed by atoms with Crippen LogP contribution in [-0.2, 0) is 17.4 Å². The number of benzene rings is 2. The number of carbonyl (C=O) groups excluding carboxylic acids is 1. The summed E-state index contributed by atoms with van der Waals surface area (Å²) < 4.78 is 83.9. The Bertz CT molecular complexity index is 1540. The number of furan rings is 1. The van der Waals surface area contributed by atoms with E-state index >= 15 is 0 Å². The Morgan fingerprint density at radius 3 is 2.33 bits per heavy atom. The second-order valence-corrected chi connectivity index (χ2v) is 9.49.